The smallest absolute Gasteiger partial charge is 0.319 e. The molecule has 0 heterocycles. The number of halogens is 3. The van der Waals surface area contributed by atoms with Crippen LogP contribution in [0.1, 0.15) is 8.29 Å². The zero-order valence-electron chi connectivity index (χ0n) is 7.31. The van der Waals surface area contributed by atoms with E-state index in [0.717, 1.165) is 4.43 Å². The molecule has 0 aromatic carbocycles. The molecule has 0 aromatic heterocycles. The van der Waals surface area contributed by atoms with Crippen LogP contribution in [0.15, 0.2) is 0 Å². The summed E-state index contributed by atoms with van der Waals surface area (Å²) in [6.45, 7) is 2.05. The average Bonchev–Trinajstić information content (AvgIpc) is 2.08. The minimum Gasteiger partial charge on any atom is -0.319 e. The Balaban J connectivity index is -0.0000000339. The molecular weight excluding hydrogens is 504 g/mol. The molecule has 0 saturated heterocycles. The minimum atomic E-state index is 0. The second-order valence-electron chi connectivity index (χ2n) is 0.851. The van der Waals surface area contributed by atoms with Gasteiger partial charge >= 0.3 is 51.0 Å². The van der Waals surface area contributed by atoms with E-state index in [0.29, 0.717) is 4.91 Å². The maximum atomic E-state index is 6.51. The van der Waals surface area contributed by atoms with Crippen LogP contribution in [0.4, 0.5) is 0 Å². The van der Waals surface area contributed by atoms with E-state index in [2.05, 4.69) is 38.9 Å². The first-order chi connectivity index (χ1) is 4.83. The maximum Gasteiger partial charge on any atom is 2.00 e. The van der Waals surface area contributed by atoms with E-state index < -0.39 is 0 Å². The van der Waals surface area contributed by atoms with Crippen LogP contribution < -0.4 is 0 Å². The summed E-state index contributed by atoms with van der Waals surface area (Å²) in [5.41, 5.74) is 0. The Kier molecular flexibility index (Phi) is 76.0. The third-order valence-electron chi connectivity index (χ3n) is 0.154. The molecule has 1 radical (unpaired) electrons. The van der Waals surface area contributed by atoms with Crippen LogP contribution in [-0.4, -0.2) is 14.3 Å². The van der Waals surface area contributed by atoms with E-state index in [9.17, 15) is 0 Å². The first-order valence-corrected chi connectivity index (χ1v) is 9.25. The summed E-state index contributed by atoms with van der Waals surface area (Å²) in [5, 5.41) is 0. The van der Waals surface area contributed by atoms with Gasteiger partial charge in [0.25, 0.3) is 0 Å². The van der Waals surface area contributed by atoms with Gasteiger partial charge in [0.2, 0.25) is 0 Å². The van der Waals surface area contributed by atoms with E-state index in [4.69, 9.17) is 1.37 Å². The van der Waals surface area contributed by atoms with Gasteiger partial charge in [0, 0.05) is 0 Å². The molecule has 0 N–H and O–H groups in total. The van der Waals surface area contributed by atoms with Gasteiger partial charge in [0.15, 0.2) is 0 Å². The zero-order valence-corrected chi connectivity index (χ0v) is 14.4. The Hall–Kier alpha value is 2.77. The molecular formula is C6H15I3V. The summed E-state index contributed by atoms with van der Waals surface area (Å²) < 4.78 is 7.67. The van der Waals surface area contributed by atoms with E-state index in [1.165, 1.54) is 0 Å². The number of hydrogen-bond donors (Lipinski definition) is 0. The Bertz CT molecular complexity index is 25.8. The first kappa shape index (κ1) is 18.5. The molecule has 0 bridgehead atoms. The summed E-state index contributed by atoms with van der Waals surface area (Å²) in [7, 11) is 0. The molecule has 0 amide bonds. The molecule has 0 atom stereocenters. The molecule has 0 rings (SSSR count). The van der Waals surface area contributed by atoms with E-state index in [1.54, 1.807) is 0 Å². The largest absolute Gasteiger partial charge is 2.00 e. The number of alkyl halides is 3. The summed E-state index contributed by atoms with van der Waals surface area (Å²) in [5.74, 6) is 0. The standard InChI is InChI=1S/C3H6I.C2H7I.CH2I.V/c1-2-3-4;1-3-2;1-2;/h2H,3H2,1H3;3H,1-2H3;1H2;/q-1;;-1;+2/i;1T;;. The van der Waals surface area contributed by atoms with Crippen molar-refractivity contribution in [1.29, 1.82) is 0 Å². The van der Waals surface area contributed by atoms with Crippen molar-refractivity contribution >= 4 is 66.4 Å². The summed E-state index contributed by atoms with van der Waals surface area (Å²) >= 11 is 4.34. The summed E-state index contributed by atoms with van der Waals surface area (Å²) in [6.07, 6.45) is 2.11. The van der Waals surface area contributed by atoms with Crippen molar-refractivity contribution in [3.8, 4) is 0 Å². The average molecular weight is 521 g/mol. The van der Waals surface area contributed by atoms with Crippen molar-refractivity contribution in [2.24, 2.45) is 0 Å². The molecule has 0 saturated carbocycles. The number of rotatable bonds is 1. The van der Waals surface area contributed by atoms with Gasteiger partial charge in [0.1, 0.15) is 0 Å². The molecule has 0 fully saturated rings. The fraction of sp³-hybridized carbons (Fsp3) is 0.667. The third-order valence-corrected chi connectivity index (χ3v) is 1.04. The summed E-state index contributed by atoms with van der Waals surface area (Å²) in [4.78, 5) is 6.04. The molecule has 65 valence electrons. The van der Waals surface area contributed by atoms with Gasteiger partial charge in [-0.1, -0.05) is 0 Å². The van der Waals surface area contributed by atoms with Crippen LogP contribution in [-0.2, 0) is 18.6 Å². The Morgan fingerprint density at radius 1 is 1.70 bits per heavy atom. The van der Waals surface area contributed by atoms with Crippen molar-refractivity contribution in [3.63, 3.8) is 0 Å². The van der Waals surface area contributed by atoms with Crippen LogP contribution in [0.5, 0.6) is 0 Å². The van der Waals surface area contributed by atoms with Crippen LogP contribution in [0.25, 0.3) is 0 Å². The fourth-order valence-electron chi connectivity index (χ4n) is 0. The first-order valence-electron chi connectivity index (χ1n) is 2.92. The van der Waals surface area contributed by atoms with E-state index >= 15 is 0 Å². The van der Waals surface area contributed by atoms with Gasteiger partial charge in [-0.2, -0.15) is 6.92 Å². The van der Waals surface area contributed by atoms with Gasteiger partial charge in [-0.25, -0.2) is 0 Å². The predicted octanol–water partition coefficient (Wildman–Crippen LogP) is 3.81. The second-order valence-corrected chi connectivity index (χ2v) is 3.38. The monoisotopic (exact) mass is 521 g/mol. The molecule has 4 heteroatoms. The van der Waals surface area contributed by atoms with Crippen LogP contribution in [0.3, 0.4) is 0 Å². The van der Waals surface area contributed by atoms with Crippen molar-refractivity contribution in [2.75, 3.05) is 14.3 Å². The topological polar surface area (TPSA) is 0 Å². The molecule has 0 nitrogen and oxygen atoms in total. The van der Waals surface area contributed by atoms with Crippen molar-refractivity contribution in [3.05, 3.63) is 11.4 Å². The maximum absolute atomic E-state index is 6.51. The van der Waals surface area contributed by atoms with E-state index in [-0.39, 0.29) is 39.8 Å². The minimum absolute atomic E-state index is 0. The van der Waals surface area contributed by atoms with Gasteiger partial charge in [0.05, 0.1) is 0 Å². The van der Waals surface area contributed by atoms with Crippen molar-refractivity contribution in [1.82, 2.24) is 0 Å². The van der Waals surface area contributed by atoms with Gasteiger partial charge in [-0.3, -0.25) is 4.93 Å². The van der Waals surface area contributed by atoms with Crippen LogP contribution in [0.2, 0.25) is 0 Å². The fourth-order valence-corrected chi connectivity index (χ4v) is 0. The molecule has 0 aromatic rings. The molecule has 0 unspecified atom stereocenters. The van der Waals surface area contributed by atoms with Gasteiger partial charge in [-0.05, 0) is 0 Å². The van der Waals surface area contributed by atoms with Gasteiger partial charge < -0.3 is 29.0 Å². The Labute approximate surface area is 117 Å². The van der Waals surface area contributed by atoms with E-state index in [1.807, 2.05) is 29.5 Å². The quantitative estimate of drug-likeness (QED) is 0.280. The molecule has 10 heavy (non-hydrogen) atoms. The molecule has 0 aliphatic carbocycles. The molecule has 0 spiro atoms. The number of hydrogen-bond acceptors (Lipinski definition) is 0. The van der Waals surface area contributed by atoms with Crippen molar-refractivity contribution in [2.45, 2.75) is 6.92 Å². The molecule has 0 aliphatic rings. The Morgan fingerprint density at radius 2 is 1.90 bits per heavy atom. The Morgan fingerprint density at radius 3 is 1.90 bits per heavy atom. The zero-order chi connectivity index (χ0) is 8.83. The second kappa shape index (κ2) is 41.0. The summed E-state index contributed by atoms with van der Waals surface area (Å²) in [6, 6.07) is 0. The molecule has 0 aliphatic heterocycles. The van der Waals surface area contributed by atoms with Crippen LogP contribution in [0, 0.1) is 11.4 Å². The SMILES string of the molecule is C[CH-]CI.[3H]C[IH]C.[CH2-]I.[V+2]. The predicted molar refractivity (Wildman–Crippen MR) is 75.5 cm³/mol. The van der Waals surface area contributed by atoms with Crippen LogP contribution >= 0.6 is 66.4 Å². The van der Waals surface area contributed by atoms with Crippen molar-refractivity contribution < 1.29 is 19.9 Å². The normalized spacial score (nSPS) is 7.10. The third kappa shape index (κ3) is 72.3. The van der Waals surface area contributed by atoms with Gasteiger partial charge in [-0.15, -0.1) is 27.0 Å².